The summed E-state index contributed by atoms with van der Waals surface area (Å²) in [5, 5.41) is 9.16. The Balaban J connectivity index is 1.87. The lowest BCUT2D eigenvalue weighted by Gasteiger charge is -2.11. The van der Waals surface area contributed by atoms with Gasteiger partial charge in [0.2, 0.25) is 0 Å². The van der Waals surface area contributed by atoms with Gasteiger partial charge in [-0.2, -0.15) is 5.26 Å². The van der Waals surface area contributed by atoms with Crippen molar-refractivity contribution in [2.24, 2.45) is 0 Å². The summed E-state index contributed by atoms with van der Waals surface area (Å²) in [6, 6.07) is 21.3. The number of carbonyl (C=O) groups excluding carboxylic acids is 2. The highest BCUT2D eigenvalue weighted by atomic mass is 16.5. The molecule has 0 aromatic heterocycles. The first kappa shape index (κ1) is 19.1. The van der Waals surface area contributed by atoms with Crippen molar-refractivity contribution in [2.45, 2.75) is 20.5 Å². The van der Waals surface area contributed by atoms with Gasteiger partial charge in [0.05, 0.1) is 17.2 Å². The lowest BCUT2D eigenvalue weighted by Crippen LogP contribution is -2.13. The van der Waals surface area contributed by atoms with Crippen molar-refractivity contribution in [1.29, 1.82) is 5.26 Å². The van der Waals surface area contributed by atoms with Crippen LogP contribution < -0.4 is 0 Å². The molecule has 0 aliphatic rings. The zero-order valence-corrected chi connectivity index (χ0v) is 15.7. The van der Waals surface area contributed by atoms with Crippen LogP contribution in [0.15, 0.2) is 66.7 Å². The second kappa shape index (κ2) is 8.32. The predicted molar refractivity (Wildman–Crippen MR) is 106 cm³/mol. The molecule has 0 atom stereocenters. The predicted octanol–water partition coefficient (Wildman–Crippen LogP) is 4.76. The zero-order chi connectivity index (χ0) is 20.1. The standard InChI is InChI=1S/C24H19NO3/c1-16-11-12-17(2)22(13-16)23(26)20-9-5-6-10-21(20)24(27)28-15-19-8-4-3-7-18(19)14-25/h3-13H,15H2,1-2H3. The summed E-state index contributed by atoms with van der Waals surface area (Å²) in [5.41, 5.74) is 3.98. The van der Waals surface area contributed by atoms with E-state index in [1.807, 2.05) is 32.0 Å². The maximum absolute atomic E-state index is 13.1. The highest BCUT2D eigenvalue weighted by Gasteiger charge is 2.20. The summed E-state index contributed by atoms with van der Waals surface area (Å²) in [5.74, 6) is -0.812. The van der Waals surface area contributed by atoms with Crippen molar-refractivity contribution < 1.29 is 14.3 Å². The molecule has 0 unspecified atom stereocenters. The zero-order valence-electron chi connectivity index (χ0n) is 15.7. The Morgan fingerprint density at radius 3 is 2.32 bits per heavy atom. The third-order valence-electron chi connectivity index (χ3n) is 4.53. The van der Waals surface area contributed by atoms with Crippen molar-refractivity contribution in [1.82, 2.24) is 0 Å². The van der Waals surface area contributed by atoms with Gasteiger partial charge in [-0.05, 0) is 37.6 Å². The highest BCUT2D eigenvalue weighted by Crippen LogP contribution is 2.20. The smallest absolute Gasteiger partial charge is 0.339 e. The lowest BCUT2D eigenvalue weighted by atomic mass is 9.94. The summed E-state index contributed by atoms with van der Waals surface area (Å²) in [7, 11) is 0. The van der Waals surface area contributed by atoms with Gasteiger partial charge in [-0.25, -0.2) is 4.79 Å². The molecular weight excluding hydrogens is 350 g/mol. The topological polar surface area (TPSA) is 67.2 Å². The first-order chi connectivity index (χ1) is 13.5. The van der Waals surface area contributed by atoms with E-state index in [1.165, 1.54) is 0 Å². The number of rotatable bonds is 5. The van der Waals surface area contributed by atoms with E-state index >= 15 is 0 Å². The molecule has 0 radical (unpaired) electrons. The van der Waals surface area contributed by atoms with Gasteiger partial charge in [0.25, 0.3) is 0 Å². The summed E-state index contributed by atoms with van der Waals surface area (Å²) < 4.78 is 5.40. The molecule has 0 heterocycles. The van der Waals surface area contributed by atoms with E-state index in [0.717, 1.165) is 11.1 Å². The van der Waals surface area contributed by atoms with Crippen LogP contribution in [0.25, 0.3) is 0 Å². The fourth-order valence-electron chi connectivity index (χ4n) is 2.96. The quantitative estimate of drug-likeness (QED) is 0.480. The summed E-state index contributed by atoms with van der Waals surface area (Å²) in [6.45, 7) is 3.75. The lowest BCUT2D eigenvalue weighted by molar-refractivity contribution is 0.0470. The van der Waals surface area contributed by atoms with Gasteiger partial charge in [0, 0.05) is 16.7 Å². The van der Waals surface area contributed by atoms with Crippen molar-refractivity contribution in [3.8, 4) is 6.07 Å². The molecular formula is C24H19NO3. The van der Waals surface area contributed by atoms with Crippen LogP contribution in [-0.4, -0.2) is 11.8 Å². The average Bonchev–Trinajstić information content (AvgIpc) is 2.73. The summed E-state index contributed by atoms with van der Waals surface area (Å²) >= 11 is 0. The van der Waals surface area contributed by atoms with Gasteiger partial charge >= 0.3 is 5.97 Å². The van der Waals surface area contributed by atoms with Crippen LogP contribution in [0.1, 0.15) is 48.5 Å². The monoisotopic (exact) mass is 369 g/mol. The van der Waals surface area contributed by atoms with Gasteiger partial charge in [-0.1, -0.05) is 54.1 Å². The van der Waals surface area contributed by atoms with Crippen molar-refractivity contribution in [3.05, 3.63) is 106 Å². The molecule has 0 N–H and O–H groups in total. The first-order valence-electron chi connectivity index (χ1n) is 8.87. The van der Waals surface area contributed by atoms with Gasteiger partial charge in [-0.15, -0.1) is 0 Å². The van der Waals surface area contributed by atoms with Crippen LogP contribution in [0.2, 0.25) is 0 Å². The molecule has 138 valence electrons. The van der Waals surface area contributed by atoms with E-state index in [1.54, 1.807) is 48.5 Å². The fourth-order valence-corrected chi connectivity index (χ4v) is 2.96. The first-order valence-corrected chi connectivity index (χ1v) is 8.87. The van der Waals surface area contributed by atoms with E-state index in [4.69, 9.17) is 10.00 Å². The van der Waals surface area contributed by atoms with Gasteiger partial charge in [0.15, 0.2) is 5.78 Å². The van der Waals surface area contributed by atoms with Crippen LogP contribution >= 0.6 is 0 Å². The number of hydrogen-bond donors (Lipinski definition) is 0. The molecule has 3 aromatic carbocycles. The van der Waals surface area contributed by atoms with Crippen LogP contribution in [0.5, 0.6) is 0 Å². The minimum atomic E-state index is -0.595. The summed E-state index contributed by atoms with van der Waals surface area (Å²) in [6.07, 6.45) is 0. The number of nitrogens with zero attached hydrogens (tertiary/aromatic N) is 1. The van der Waals surface area contributed by atoms with E-state index in [2.05, 4.69) is 6.07 Å². The molecule has 4 heteroatoms. The number of carbonyl (C=O) groups is 2. The molecule has 0 aliphatic heterocycles. The van der Waals surface area contributed by atoms with Crippen LogP contribution in [0.3, 0.4) is 0 Å². The highest BCUT2D eigenvalue weighted by molar-refractivity contribution is 6.15. The van der Waals surface area contributed by atoms with Crippen molar-refractivity contribution >= 4 is 11.8 Å². The molecule has 28 heavy (non-hydrogen) atoms. The second-order valence-electron chi connectivity index (χ2n) is 6.54. The Morgan fingerprint density at radius 1 is 0.893 bits per heavy atom. The molecule has 0 aliphatic carbocycles. The number of nitriles is 1. The van der Waals surface area contributed by atoms with Gasteiger partial charge in [-0.3, -0.25) is 4.79 Å². The number of aryl methyl sites for hydroxylation is 2. The third kappa shape index (κ3) is 3.99. The van der Waals surface area contributed by atoms with Gasteiger partial charge < -0.3 is 4.74 Å². The maximum Gasteiger partial charge on any atom is 0.339 e. The minimum Gasteiger partial charge on any atom is -0.457 e. The largest absolute Gasteiger partial charge is 0.457 e. The molecule has 4 nitrogen and oxygen atoms in total. The van der Waals surface area contributed by atoms with Gasteiger partial charge in [0.1, 0.15) is 6.61 Å². The minimum absolute atomic E-state index is 0.0332. The molecule has 3 rings (SSSR count). The van der Waals surface area contributed by atoms with Crippen molar-refractivity contribution in [2.75, 3.05) is 0 Å². The fraction of sp³-hybridized carbons (Fsp3) is 0.125. The molecule has 0 spiro atoms. The maximum atomic E-state index is 13.1. The van der Waals surface area contributed by atoms with E-state index in [-0.39, 0.29) is 18.0 Å². The van der Waals surface area contributed by atoms with E-state index in [9.17, 15) is 9.59 Å². The number of ketones is 1. The molecule has 3 aromatic rings. The van der Waals surface area contributed by atoms with E-state index in [0.29, 0.717) is 22.3 Å². The Kier molecular flexibility index (Phi) is 5.67. The molecule has 0 amide bonds. The normalized spacial score (nSPS) is 10.2. The molecule has 0 saturated heterocycles. The number of benzene rings is 3. The van der Waals surface area contributed by atoms with Crippen LogP contribution in [-0.2, 0) is 11.3 Å². The molecule has 0 saturated carbocycles. The average molecular weight is 369 g/mol. The number of ether oxygens (including phenoxy) is 1. The Hall–Kier alpha value is -3.71. The SMILES string of the molecule is Cc1ccc(C)c(C(=O)c2ccccc2C(=O)OCc2ccccc2C#N)c1. The van der Waals surface area contributed by atoms with Crippen LogP contribution in [0.4, 0.5) is 0 Å². The Labute approximate surface area is 164 Å². The molecule has 0 bridgehead atoms. The second-order valence-corrected chi connectivity index (χ2v) is 6.54. The summed E-state index contributed by atoms with van der Waals surface area (Å²) in [4.78, 5) is 25.7. The van der Waals surface area contributed by atoms with Crippen molar-refractivity contribution in [3.63, 3.8) is 0 Å². The van der Waals surface area contributed by atoms with Crippen LogP contribution in [0, 0.1) is 25.2 Å². The van der Waals surface area contributed by atoms with E-state index < -0.39 is 5.97 Å². The molecule has 0 fully saturated rings. The number of esters is 1. The Bertz CT molecular complexity index is 1090. The number of hydrogen-bond acceptors (Lipinski definition) is 4. The third-order valence-corrected chi connectivity index (χ3v) is 4.53. The Morgan fingerprint density at radius 2 is 1.57 bits per heavy atom.